The van der Waals surface area contributed by atoms with Gasteiger partial charge in [0.2, 0.25) is 0 Å². The van der Waals surface area contributed by atoms with E-state index >= 15 is 0 Å². The summed E-state index contributed by atoms with van der Waals surface area (Å²) in [4.78, 5) is 9.36. The van der Waals surface area contributed by atoms with Crippen LogP contribution in [0.2, 0.25) is 0 Å². The number of nitrogens with one attached hydrogen (secondary N) is 2. The Morgan fingerprint density at radius 2 is 2.24 bits per heavy atom. The third kappa shape index (κ3) is 3.70. The van der Waals surface area contributed by atoms with E-state index in [-0.39, 0.29) is 10.1 Å². The van der Waals surface area contributed by atoms with Crippen molar-refractivity contribution in [1.82, 2.24) is 14.9 Å². The predicted molar refractivity (Wildman–Crippen MR) is 110 cm³/mol. The number of nitriles is 2. The van der Waals surface area contributed by atoms with Crippen LogP contribution in [0.25, 0.3) is 10.9 Å². The van der Waals surface area contributed by atoms with Gasteiger partial charge in [-0.3, -0.25) is 9.62 Å². The molecule has 2 aromatic heterocycles. The molecule has 1 atom stereocenters. The first-order chi connectivity index (χ1) is 13.9. The standard InChI is InChI=1S/C19H18N6O2S2/c1-12-2-3-15(19-18(12)14(7-21)8-23-19)24-29(26,27)17-9-22-16(28-17)11-25-5-4-13(6-20)10-25/h2-3,8-9,13,23-24H,4-5,10-11H2,1H3. The van der Waals surface area contributed by atoms with Crippen LogP contribution in [0.3, 0.4) is 0 Å². The summed E-state index contributed by atoms with van der Waals surface area (Å²) in [6, 6.07) is 7.85. The van der Waals surface area contributed by atoms with Gasteiger partial charge < -0.3 is 4.98 Å². The van der Waals surface area contributed by atoms with E-state index in [0.29, 0.717) is 40.3 Å². The molecule has 10 heteroatoms. The summed E-state index contributed by atoms with van der Waals surface area (Å²) in [5.74, 6) is 0.0304. The number of hydrogen-bond donors (Lipinski definition) is 2. The number of fused-ring (bicyclic) bond motifs is 1. The number of nitrogens with zero attached hydrogens (tertiary/aromatic N) is 4. The fraction of sp³-hybridized carbons (Fsp3) is 0.316. The maximum Gasteiger partial charge on any atom is 0.273 e. The topological polar surface area (TPSA) is 126 Å². The van der Waals surface area contributed by atoms with Crippen LogP contribution in [-0.2, 0) is 16.6 Å². The third-order valence-corrected chi connectivity index (χ3v) is 7.83. The van der Waals surface area contributed by atoms with Crippen molar-refractivity contribution in [3.05, 3.63) is 40.7 Å². The lowest BCUT2D eigenvalue weighted by Crippen LogP contribution is -2.19. The molecule has 1 unspecified atom stereocenters. The van der Waals surface area contributed by atoms with E-state index in [1.807, 2.05) is 6.92 Å². The average molecular weight is 427 g/mol. The first-order valence-electron chi connectivity index (χ1n) is 9.01. The fourth-order valence-electron chi connectivity index (χ4n) is 3.55. The van der Waals surface area contributed by atoms with Gasteiger partial charge in [0.1, 0.15) is 11.1 Å². The molecule has 0 saturated carbocycles. The second-order valence-corrected chi connectivity index (χ2v) is 10.0. The van der Waals surface area contributed by atoms with Crippen molar-refractivity contribution in [2.75, 3.05) is 17.8 Å². The van der Waals surface area contributed by atoms with Crippen LogP contribution in [-0.4, -0.2) is 36.4 Å². The molecule has 29 heavy (non-hydrogen) atoms. The number of hydrogen-bond acceptors (Lipinski definition) is 7. The lowest BCUT2D eigenvalue weighted by Gasteiger charge is -2.12. The number of H-pyrrole nitrogens is 1. The molecule has 3 aromatic rings. The summed E-state index contributed by atoms with van der Waals surface area (Å²) in [5, 5.41) is 19.7. The van der Waals surface area contributed by atoms with E-state index < -0.39 is 10.0 Å². The van der Waals surface area contributed by atoms with Crippen molar-refractivity contribution in [2.24, 2.45) is 5.92 Å². The summed E-state index contributed by atoms with van der Waals surface area (Å²) in [7, 11) is -3.81. The summed E-state index contributed by atoms with van der Waals surface area (Å²) in [6.07, 6.45) is 3.77. The maximum atomic E-state index is 12.9. The Morgan fingerprint density at radius 3 is 2.97 bits per heavy atom. The second-order valence-electron chi connectivity index (χ2n) is 7.02. The highest BCUT2D eigenvalue weighted by Gasteiger charge is 2.25. The minimum atomic E-state index is -3.81. The van der Waals surface area contributed by atoms with Gasteiger partial charge in [0.25, 0.3) is 10.0 Å². The van der Waals surface area contributed by atoms with Crippen molar-refractivity contribution in [3.63, 3.8) is 0 Å². The molecule has 4 rings (SSSR count). The summed E-state index contributed by atoms with van der Waals surface area (Å²) >= 11 is 1.12. The van der Waals surface area contributed by atoms with Crippen molar-refractivity contribution in [3.8, 4) is 12.1 Å². The van der Waals surface area contributed by atoms with Gasteiger partial charge in [-0.1, -0.05) is 6.07 Å². The number of aryl methyl sites for hydroxylation is 1. The Morgan fingerprint density at radius 1 is 1.41 bits per heavy atom. The molecule has 148 valence electrons. The highest BCUT2D eigenvalue weighted by Crippen LogP contribution is 2.31. The summed E-state index contributed by atoms with van der Waals surface area (Å²) < 4.78 is 28.5. The second kappa shape index (κ2) is 7.48. The molecule has 2 N–H and O–H groups in total. The molecular weight excluding hydrogens is 408 g/mol. The molecule has 3 heterocycles. The number of benzene rings is 1. The number of aromatic amines is 1. The first-order valence-corrected chi connectivity index (χ1v) is 11.3. The number of aromatic nitrogens is 2. The number of anilines is 1. The minimum Gasteiger partial charge on any atom is -0.358 e. The van der Waals surface area contributed by atoms with Crippen LogP contribution < -0.4 is 4.72 Å². The van der Waals surface area contributed by atoms with E-state index in [2.05, 4.69) is 31.7 Å². The van der Waals surface area contributed by atoms with Crippen LogP contribution in [0.15, 0.2) is 28.7 Å². The Labute approximate surface area is 172 Å². The van der Waals surface area contributed by atoms with Crippen LogP contribution in [0, 0.1) is 35.5 Å². The predicted octanol–water partition coefficient (Wildman–Crippen LogP) is 2.95. The van der Waals surface area contributed by atoms with E-state index in [9.17, 15) is 13.7 Å². The number of thiazole rings is 1. The smallest absolute Gasteiger partial charge is 0.273 e. The van der Waals surface area contributed by atoms with Gasteiger partial charge in [0.15, 0.2) is 4.21 Å². The van der Waals surface area contributed by atoms with Gasteiger partial charge in [-0.25, -0.2) is 13.4 Å². The average Bonchev–Trinajstić information content (AvgIpc) is 3.43. The van der Waals surface area contributed by atoms with Gasteiger partial charge in [0, 0.05) is 18.1 Å². The third-order valence-electron chi connectivity index (χ3n) is 5.02. The molecular formula is C19H18N6O2S2. The molecule has 0 amide bonds. The quantitative estimate of drug-likeness (QED) is 0.646. The van der Waals surface area contributed by atoms with Crippen LogP contribution >= 0.6 is 11.3 Å². The molecule has 1 aliphatic heterocycles. The Kier molecular flexibility index (Phi) is 5.01. The molecule has 1 aliphatic rings. The van der Waals surface area contributed by atoms with E-state index in [4.69, 9.17) is 5.26 Å². The molecule has 0 aliphatic carbocycles. The zero-order valence-electron chi connectivity index (χ0n) is 15.6. The Bertz CT molecular complexity index is 1260. The van der Waals surface area contributed by atoms with Crippen molar-refractivity contribution in [2.45, 2.75) is 24.1 Å². The Hall–Kier alpha value is -2.92. The van der Waals surface area contributed by atoms with E-state index in [0.717, 1.165) is 29.9 Å². The van der Waals surface area contributed by atoms with Crippen molar-refractivity contribution >= 4 is 38.0 Å². The van der Waals surface area contributed by atoms with E-state index in [1.165, 1.54) is 6.20 Å². The zero-order valence-corrected chi connectivity index (χ0v) is 17.3. The largest absolute Gasteiger partial charge is 0.358 e. The molecule has 8 nitrogen and oxygen atoms in total. The fourth-order valence-corrected chi connectivity index (χ4v) is 5.85. The molecule has 1 aromatic carbocycles. The molecule has 0 radical (unpaired) electrons. The normalized spacial score (nSPS) is 17.3. The van der Waals surface area contributed by atoms with Gasteiger partial charge in [0.05, 0.1) is 41.5 Å². The van der Waals surface area contributed by atoms with Crippen LogP contribution in [0.5, 0.6) is 0 Å². The number of likely N-dealkylation sites (tertiary alicyclic amines) is 1. The summed E-state index contributed by atoms with van der Waals surface area (Å²) in [5.41, 5.74) is 2.33. The molecule has 1 fully saturated rings. The zero-order chi connectivity index (χ0) is 20.6. The van der Waals surface area contributed by atoms with Gasteiger partial charge in [-0.15, -0.1) is 11.3 Å². The number of sulfonamides is 1. The molecule has 0 bridgehead atoms. The first kappa shape index (κ1) is 19.4. The van der Waals surface area contributed by atoms with Gasteiger partial charge in [-0.05, 0) is 31.5 Å². The van der Waals surface area contributed by atoms with E-state index in [1.54, 1.807) is 18.3 Å². The summed E-state index contributed by atoms with van der Waals surface area (Å²) in [6.45, 7) is 3.91. The highest BCUT2D eigenvalue weighted by molar-refractivity contribution is 7.94. The highest BCUT2D eigenvalue weighted by atomic mass is 32.2. The van der Waals surface area contributed by atoms with Crippen molar-refractivity contribution < 1.29 is 8.42 Å². The van der Waals surface area contributed by atoms with Crippen molar-refractivity contribution in [1.29, 1.82) is 10.5 Å². The van der Waals surface area contributed by atoms with Gasteiger partial charge >= 0.3 is 0 Å². The van der Waals surface area contributed by atoms with Crippen LogP contribution in [0.4, 0.5) is 5.69 Å². The molecule has 0 spiro atoms. The lowest BCUT2D eigenvalue weighted by molar-refractivity contribution is 0.324. The SMILES string of the molecule is Cc1ccc(NS(=O)(=O)c2cnc(CN3CCC(C#N)C3)s2)c2[nH]cc(C#N)c12. The minimum absolute atomic E-state index is 0.0304. The monoisotopic (exact) mass is 426 g/mol. The lowest BCUT2D eigenvalue weighted by atomic mass is 10.1. The number of rotatable bonds is 5. The molecule has 1 saturated heterocycles. The van der Waals surface area contributed by atoms with Crippen LogP contribution in [0.1, 0.15) is 22.6 Å². The maximum absolute atomic E-state index is 12.9. The Balaban J connectivity index is 1.56. The van der Waals surface area contributed by atoms with Gasteiger partial charge in [-0.2, -0.15) is 10.5 Å².